The second-order valence-corrected chi connectivity index (χ2v) is 8.21. The van der Waals surface area contributed by atoms with Crippen LogP contribution in [0.15, 0.2) is 29.6 Å². The second-order valence-electron chi connectivity index (χ2n) is 7.36. The first-order valence-corrected chi connectivity index (χ1v) is 10.6. The number of nitrogens with two attached hydrogens (primary N) is 1. The Kier molecular flexibility index (Phi) is 5.70. The van der Waals surface area contributed by atoms with Crippen LogP contribution in [0.2, 0.25) is 0 Å². The summed E-state index contributed by atoms with van der Waals surface area (Å²) in [6, 6.07) is 7.62. The fourth-order valence-corrected chi connectivity index (χ4v) is 4.73. The zero-order valence-electron chi connectivity index (χ0n) is 15.8. The lowest BCUT2D eigenvalue weighted by Gasteiger charge is -2.40. The standard InChI is InChI=1S/C20H25N5O2S/c21-19(27)14-1-3-15(4-2-14)20-23-16(13-28-20)12-24-8-5-17(6-9-24)25-10-7-22-11-18(25)26/h1-4,13,17,22H,5-12H2,(H2,21,27). The molecule has 0 bridgehead atoms. The van der Waals surface area contributed by atoms with Gasteiger partial charge in [-0.25, -0.2) is 4.98 Å². The number of nitrogens with one attached hydrogen (secondary N) is 1. The fourth-order valence-electron chi connectivity index (χ4n) is 3.91. The molecule has 4 rings (SSSR count). The molecule has 0 radical (unpaired) electrons. The topological polar surface area (TPSA) is 91.6 Å². The number of benzene rings is 1. The SMILES string of the molecule is NC(=O)c1ccc(-c2nc(CN3CCC(N4CCNCC4=O)CC3)cs2)cc1. The van der Waals surface area contributed by atoms with Crippen LogP contribution < -0.4 is 11.1 Å². The Morgan fingerprint density at radius 1 is 1.21 bits per heavy atom. The first-order chi connectivity index (χ1) is 13.6. The number of thiazole rings is 1. The first-order valence-electron chi connectivity index (χ1n) is 9.67. The minimum absolute atomic E-state index is 0.233. The first kappa shape index (κ1) is 19.0. The van der Waals surface area contributed by atoms with E-state index in [1.165, 1.54) is 0 Å². The number of primary amides is 1. The van der Waals surface area contributed by atoms with Crippen molar-refractivity contribution < 1.29 is 9.59 Å². The lowest BCUT2D eigenvalue weighted by atomic mass is 10.0. The highest BCUT2D eigenvalue weighted by atomic mass is 32.1. The highest BCUT2D eigenvalue weighted by Crippen LogP contribution is 2.26. The predicted octanol–water partition coefficient (Wildman–Crippen LogP) is 1.31. The highest BCUT2D eigenvalue weighted by molar-refractivity contribution is 7.13. The lowest BCUT2D eigenvalue weighted by Crippen LogP contribution is -2.55. The second kappa shape index (κ2) is 8.38. The number of rotatable bonds is 5. The van der Waals surface area contributed by atoms with Gasteiger partial charge in [0.15, 0.2) is 0 Å². The van der Waals surface area contributed by atoms with E-state index in [0.717, 1.165) is 61.8 Å². The van der Waals surface area contributed by atoms with Crippen LogP contribution in [0.3, 0.4) is 0 Å². The maximum atomic E-state index is 12.1. The molecule has 3 heterocycles. The molecule has 0 saturated carbocycles. The van der Waals surface area contributed by atoms with Crippen LogP contribution in [-0.4, -0.2) is 65.4 Å². The fraction of sp³-hybridized carbons (Fsp3) is 0.450. The number of carbonyl (C=O) groups excluding carboxylic acids is 2. The molecule has 1 aromatic carbocycles. The molecule has 1 aromatic heterocycles. The van der Waals surface area contributed by atoms with Crippen LogP contribution in [0, 0.1) is 0 Å². The maximum absolute atomic E-state index is 12.1. The number of piperidine rings is 1. The average molecular weight is 400 g/mol. The van der Waals surface area contributed by atoms with Gasteiger partial charge in [-0.1, -0.05) is 12.1 Å². The molecule has 28 heavy (non-hydrogen) atoms. The smallest absolute Gasteiger partial charge is 0.248 e. The molecule has 8 heteroatoms. The van der Waals surface area contributed by atoms with E-state index in [1.54, 1.807) is 23.5 Å². The summed E-state index contributed by atoms with van der Waals surface area (Å²) in [5.74, 6) is -0.187. The molecular formula is C20H25N5O2S. The number of aromatic nitrogens is 1. The number of hydrogen-bond donors (Lipinski definition) is 2. The Balaban J connectivity index is 1.32. The van der Waals surface area contributed by atoms with E-state index in [4.69, 9.17) is 10.7 Å². The van der Waals surface area contributed by atoms with E-state index in [2.05, 4.69) is 20.5 Å². The van der Waals surface area contributed by atoms with Crippen LogP contribution in [0.4, 0.5) is 0 Å². The molecule has 0 atom stereocenters. The van der Waals surface area contributed by atoms with Crippen LogP contribution in [0.1, 0.15) is 28.9 Å². The van der Waals surface area contributed by atoms with Crippen molar-refractivity contribution in [2.75, 3.05) is 32.7 Å². The molecule has 3 N–H and O–H groups in total. The summed E-state index contributed by atoms with van der Waals surface area (Å²) >= 11 is 1.62. The Morgan fingerprint density at radius 2 is 1.96 bits per heavy atom. The predicted molar refractivity (Wildman–Crippen MR) is 109 cm³/mol. The van der Waals surface area contributed by atoms with Crippen molar-refractivity contribution in [3.63, 3.8) is 0 Å². The monoisotopic (exact) mass is 399 g/mol. The normalized spacial score (nSPS) is 19.1. The molecule has 2 aliphatic heterocycles. The van der Waals surface area contributed by atoms with Gasteiger partial charge in [0.2, 0.25) is 11.8 Å². The van der Waals surface area contributed by atoms with Gasteiger partial charge in [0, 0.05) is 55.3 Å². The number of hydrogen-bond acceptors (Lipinski definition) is 6. The summed E-state index contributed by atoms with van der Waals surface area (Å²) in [5, 5.41) is 6.19. The largest absolute Gasteiger partial charge is 0.366 e. The molecule has 148 valence electrons. The minimum Gasteiger partial charge on any atom is -0.366 e. The molecule has 2 amide bonds. The zero-order chi connectivity index (χ0) is 19.5. The molecule has 2 saturated heterocycles. The minimum atomic E-state index is -0.419. The maximum Gasteiger partial charge on any atom is 0.248 e. The summed E-state index contributed by atoms with van der Waals surface area (Å²) in [6.45, 7) is 5.01. The van der Waals surface area contributed by atoms with Crippen molar-refractivity contribution in [1.82, 2.24) is 20.1 Å². The quantitative estimate of drug-likeness (QED) is 0.791. The Labute approximate surface area is 168 Å². The van der Waals surface area contributed by atoms with Crippen molar-refractivity contribution in [1.29, 1.82) is 0 Å². The van der Waals surface area contributed by atoms with E-state index in [1.807, 2.05) is 12.1 Å². The molecule has 0 spiro atoms. The number of piperazine rings is 1. The Bertz CT molecular complexity index is 843. The van der Waals surface area contributed by atoms with Gasteiger partial charge in [-0.15, -0.1) is 11.3 Å². The number of nitrogens with zero attached hydrogens (tertiary/aromatic N) is 3. The molecule has 0 aliphatic carbocycles. The van der Waals surface area contributed by atoms with Crippen LogP contribution in [0.5, 0.6) is 0 Å². The van der Waals surface area contributed by atoms with Gasteiger partial charge < -0.3 is 16.0 Å². The Hall–Kier alpha value is -2.29. The molecule has 2 aliphatic rings. The van der Waals surface area contributed by atoms with Gasteiger partial charge >= 0.3 is 0 Å². The number of amides is 2. The van der Waals surface area contributed by atoms with E-state index in [-0.39, 0.29) is 5.91 Å². The summed E-state index contributed by atoms with van der Waals surface area (Å²) in [5.41, 5.74) is 7.86. The zero-order valence-corrected chi connectivity index (χ0v) is 16.6. The van der Waals surface area contributed by atoms with Gasteiger partial charge in [-0.2, -0.15) is 0 Å². The summed E-state index contributed by atoms with van der Waals surface area (Å²) in [6.07, 6.45) is 2.05. The van der Waals surface area contributed by atoms with Crippen LogP contribution >= 0.6 is 11.3 Å². The third-order valence-electron chi connectivity index (χ3n) is 5.48. The van der Waals surface area contributed by atoms with E-state index in [0.29, 0.717) is 18.2 Å². The molecule has 0 unspecified atom stereocenters. The van der Waals surface area contributed by atoms with Crippen molar-refractivity contribution in [2.45, 2.75) is 25.4 Å². The van der Waals surface area contributed by atoms with Gasteiger partial charge in [-0.05, 0) is 25.0 Å². The van der Waals surface area contributed by atoms with Gasteiger partial charge in [-0.3, -0.25) is 14.5 Å². The average Bonchev–Trinajstić information content (AvgIpc) is 3.18. The Morgan fingerprint density at radius 3 is 2.64 bits per heavy atom. The summed E-state index contributed by atoms with van der Waals surface area (Å²) < 4.78 is 0. The van der Waals surface area contributed by atoms with Crippen molar-refractivity contribution in [2.24, 2.45) is 5.73 Å². The van der Waals surface area contributed by atoms with E-state index in [9.17, 15) is 9.59 Å². The van der Waals surface area contributed by atoms with Gasteiger partial charge in [0.25, 0.3) is 0 Å². The van der Waals surface area contributed by atoms with Gasteiger partial charge in [0.05, 0.1) is 12.2 Å². The summed E-state index contributed by atoms with van der Waals surface area (Å²) in [4.78, 5) is 32.5. The molecule has 7 nitrogen and oxygen atoms in total. The molecular weight excluding hydrogens is 374 g/mol. The number of likely N-dealkylation sites (tertiary alicyclic amines) is 1. The van der Waals surface area contributed by atoms with Crippen molar-refractivity contribution in [3.8, 4) is 10.6 Å². The lowest BCUT2D eigenvalue weighted by molar-refractivity contribution is -0.135. The molecule has 2 fully saturated rings. The highest BCUT2D eigenvalue weighted by Gasteiger charge is 2.29. The third-order valence-corrected chi connectivity index (χ3v) is 6.42. The molecule has 2 aromatic rings. The van der Waals surface area contributed by atoms with Crippen LogP contribution in [-0.2, 0) is 11.3 Å². The van der Waals surface area contributed by atoms with Crippen molar-refractivity contribution >= 4 is 23.2 Å². The van der Waals surface area contributed by atoms with E-state index >= 15 is 0 Å². The summed E-state index contributed by atoms with van der Waals surface area (Å²) in [7, 11) is 0. The van der Waals surface area contributed by atoms with E-state index < -0.39 is 5.91 Å². The van der Waals surface area contributed by atoms with Crippen molar-refractivity contribution in [3.05, 3.63) is 40.9 Å². The third kappa shape index (κ3) is 4.24. The number of carbonyl (C=O) groups is 2. The van der Waals surface area contributed by atoms with Gasteiger partial charge in [0.1, 0.15) is 5.01 Å². The van der Waals surface area contributed by atoms with Crippen LogP contribution in [0.25, 0.3) is 10.6 Å².